The number of aromatic amines is 1. The first-order chi connectivity index (χ1) is 8.89. The molecule has 0 aliphatic rings. The minimum absolute atomic E-state index is 0.128. The van der Waals surface area contributed by atoms with Crippen molar-refractivity contribution in [3.63, 3.8) is 0 Å². The molecule has 0 spiro atoms. The van der Waals surface area contributed by atoms with E-state index in [0.29, 0.717) is 12.2 Å². The second-order valence-electron chi connectivity index (χ2n) is 5.13. The predicted molar refractivity (Wildman–Crippen MR) is 80.2 cm³/mol. The van der Waals surface area contributed by atoms with Crippen LogP contribution in [0.3, 0.4) is 0 Å². The molecule has 2 N–H and O–H groups in total. The maximum atomic E-state index is 12.0. The number of methoxy groups -OCH3 is 1. The molecule has 0 fully saturated rings. The zero-order valence-electron chi connectivity index (χ0n) is 11.3. The molecule has 1 heterocycles. The Hall–Kier alpha value is -1.62. The van der Waals surface area contributed by atoms with Crippen LogP contribution in [0.15, 0.2) is 24.3 Å². The van der Waals surface area contributed by atoms with Crippen molar-refractivity contribution in [3.8, 4) is 5.75 Å². The van der Waals surface area contributed by atoms with Crippen LogP contribution in [-0.2, 0) is 0 Å². The minimum atomic E-state index is -0.231. The van der Waals surface area contributed by atoms with Crippen molar-refractivity contribution in [2.75, 3.05) is 13.7 Å². The molecule has 4 nitrogen and oxygen atoms in total. The van der Waals surface area contributed by atoms with Gasteiger partial charge < -0.3 is 15.0 Å². The topological polar surface area (TPSA) is 54.1 Å². The van der Waals surface area contributed by atoms with Crippen molar-refractivity contribution < 1.29 is 9.53 Å². The molecule has 0 unspecified atom stereocenters. The van der Waals surface area contributed by atoms with Crippen molar-refractivity contribution >= 4 is 29.4 Å². The smallest absolute Gasteiger partial charge is 0.267 e. The molecule has 1 amide bonds. The van der Waals surface area contributed by atoms with Crippen LogP contribution in [0.5, 0.6) is 5.75 Å². The Kier molecular flexibility index (Phi) is 3.75. The van der Waals surface area contributed by atoms with Gasteiger partial charge in [-0.1, -0.05) is 0 Å². The Balaban J connectivity index is 2.19. The van der Waals surface area contributed by atoms with Gasteiger partial charge >= 0.3 is 0 Å². The number of benzene rings is 1. The molecule has 1 aromatic carbocycles. The third-order valence-corrected chi connectivity index (χ3v) is 2.91. The Bertz CT molecular complexity index is 599. The van der Waals surface area contributed by atoms with Crippen LogP contribution in [0, 0.1) is 0 Å². The van der Waals surface area contributed by atoms with E-state index in [1.54, 1.807) is 7.11 Å². The molecule has 19 heavy (non-hydrogen) atoms. The molecule has 0 saturated heterocycles. The number of H-pyrrole nitrogens is 1. The summed E-state index contributed by atoms with van der Waals surface area (Å²) in [5.41, 5.74) is 1.46. The molecule has 0 atom stereocenters. The highest BCUT2D eigenvalue weighted by Crippen LogP contribution is 2.21. The molecule has 2 aromatic rings. The fourth-order valence-corrected chi connectivity index (χ4v) is 1.83. The SMILES string of the molecule is COc1ccc2[nH]c(C(=O)NCC(C)(C)S)cc2c1. The second kappa shape index (κ2) is 5.17. The first-order valence-electron chi connectivity index (χ1n) is 6.06. The molecule has 0 aliphatic carbocycles. The molecule has 0 saturated carbocycles. The molecule has 0 aliphatic heterocycles. The second-order valence-corrected chi connectivity index (χ2v) is 6.34. The van der Waals surface area contributed by atoms with Gasteiger partial charge in [-0.2, -0.15) is 12.6 Å². The lowest BCUT2D eigenvalue weighted by Crippen LogP contribution is -2.34. The van der Waals surface area contributed by atoms with Gasteiger partial charge in [0.05, 0.1) is 7.11 Å². The number of nitrogens with one attached hydrogen (secondary N) is 2. The van der Waals surface area contributed by atoms with E-state index in [2.05, 4.69) is 22.9 Å². The lowest BCUT2D eigenvalue weighted by atomic mass is 10.2. The number of hydrogen-bond acceptors (Lipinski definition) is 3. The Labute approximate surface area is 117 Å². The number of hydrogen-bond donors (Lipinski definition) is 3. The van der Waals surface area contributed by atoms with Crippen LogP contribution >= 0.6 is 12.6 Å². The monoisotopic (exact) mass is 278 g/mol. The Morgan fingerprint density at radius 3 is 2.79 bits per heavy atom. The first kappa shape index (κ1) is 13.8. The van der Waals surface area contributed by atoms with Crippen LogP contribution in [0.4, 0.5) is 0 Å². The van der Waals surface area contributed by atoms with Crippen LogP contribution in [0.2, 0.25) is 0 Å². The summed E-state index contributed by atoms with van der Waals surface area (Å²) in [7, 11) is 1.62. The van der Waals surface area contributed by atoms with Crippen molar-refractivity contribution in [1.29, 1.82) is 0 Å². The zero-order valence-corrected chi connectivity index (χ0v) is 12.2. The van der Waals surface area contributed by atoms with Gasteiger partial charge in [0.2, 0.25) is 0 Å². The van der Waals surface area contributed by atoms with E-state index in [0.717, 1.165) is 16.7 Å². The van der Waals surface area contributed by atoms with Gasteiger partial charge in [-0.25, -0.2) is 0 Å². The number of rotatable bonds is 4. The van der Waals surface area contributed by atoms with E-state index in [9.17, 15) is 4.79 Å². The number of carbonyl (C=O) groups is 1. The summed E-state index contributed by atoms with van der Waals surface area (Å²) in [6, 6.07) is 7.47. The van der Waals surface area contributed by atoms with Crippen LogP contribution < -0.4 is 10.1 Å². The molecule has 2 rings (SSSR count). The van der Waals surface area contributed by atoms with Crippen molar-refractivity contribution in [3.05, 3.63) is 30.0 Å². The van der Waals surface area contributed by atoms with Gasteiger partial charge in [-0.15, -0.1) is 0 Å². The summed E-state index contributed by atoms with van der Waals surface area (Å²) in [6.45, 7) is 4.41. The number of amides is 1. The van der Waals surface area contributed by atoms with Gasteiger partial charge in [0.25, 0.3) is 5.91 Å². The average molecular weight is 278 g/mol. The largest absolute Gasteiger partial charge is 0.497 e. The molecule has 1 aromatic heterocycles. The van der Waals surface area contributed by atoms with Crippen molar-refractivity contribution in [1.82, 2.24) is 10.3 Å². The number of thiol groups is 1. The van der Waals surface area contributed by atoms with E-state index in [-0.39, 0.29) is 10.7 Å². The van der Waals surface area contributed by atoms with Gasteiger partial charge in [0.15, 0.2) is 0 Å². The number of aromatic nitrogens is 1. The normalized spacial score (nSPS) is 11.6. The highest BCUT2D eigenvalue weighted by Gasteiger charge is 2.15. The van der Waals surface area contributed by atoms with Gasteiger partial charge in [-0.3, -0.25) is 4.79 Å². The summed E-state index contributed by atoms with van der Waals surface area (Å²) >= 11 is 4.38. The minimum Gasteiger partial charge on any atom is -0.497 e. The number of carbonyl (C=O) groups excluding carboxylic acids is 1. The summed E-state index contributed by atoms with van der Waals surface area (Å²) in [5, 5.41) is 3.80. The van der Waals surface area contributed by atoms with Crippen molar-refractivity contribution in [2.45, 2.75) is 18.6 Å². The van der Waals surface area contributed by atoms with E-state index in [1.807, 2.05) is 38.1 Å². The molecular formula is C14H18N2O2S. The maximum absolute atomic E-state index is 12.0. The molecular weight excluding hydrogens is 260 g/mol. The first-order valence-corrected chi connectivity index (χ1v) is 6.51. The summed E-state index contributed by atoms with van der Waals surface area (Å²) in [4.78, 5) is 15.1. The maximum Gasteiger partial charge on any atom is 0.267 e. The summed E-state index contributed by atoms with van der Waals surface area (Å²) in [6.07, 6.45) is 0. The molecule has 102 valence electrons. The highest BCUT2D eigenvalue weighted by molar-refractivity contribution is 7.81. The molecule has 0 bridgehead atoms. The van der Waals surface area contributed by atoms with Crippen molar-refractivity contribution in [2.24, 2.45) is 0 Å². The fourth-order valence-electron chi connectivity index (χ4n) is 1.75. The molecule has 5 heteroatoms. The van der Waals surface area contributed by atoms with E-state index in [4.69, 9.17) is 4.74 Å². The average Bonchev–Trinajstić information content (AvgIpc) is 2.77. The lowest BCUT2D eigenvalue weighted by molar-refractivity contribution is 0.0946. The van der Waals surface area contributed by atoms with E-state index in [1.165, 1.54) is 0 Å². The standard InChI is InChI=1S/C14H18N2O2S/c1-14(2,19)8-15-13(17)12-7-9-6-10(18-3)4-5-11(9)16-12/h4-7,16,19H,8H2,1-3H3,(H,15,17). The van der Waals surface area contributed by atoms with E-state index >= 15 is 0 Å². The predicted octanol–water partition coefficient (Wildman–Crippen LogP) is 2.61. The highest BCUT2D eigenvalue weighted by atomic mass is 32.1. The molecule has 0 radical (unpaired) electrons. The van der Waals surface area contributed by atoms with Crippen LogP contribution in [0.1, 0.15) is 24.3 Å². The number of ether oxygens (including phenoxy) is 1. The van der Waals surface area contributed by atoms with Gasteiger partial charge in [0.1, 0.15) is 11.4 Å². The van der Waals surface area contributed by atoms with Gasteiger partial charge in [0, 0.05) is 22.2 Å². The van der Waals surface area contributed by atoms with Crippen LogP contribution in [0.25, 0.3) is 10.9 Å². The number of fused-ring (bicyclic) bond motifs is 1. The van der Waals surface area contributed by atoms with E-state index < -0.39 is 0 Å². The third kappa shape index (κ3) is 3.44. The summed E-state index contributed by atoms with van der Waals surface area (Å²) < 4.78 is 4.93. The fraction of sp³-hybridized carbons (Fsp3) is 0.357. The Morgan fingerprint density at radius 2 is 2.16 bits per heavy atom. The lowest BCUT2D eigenvalue weighted by Gasteiger charge is -2.17. The zero-order chi connectivity index (χ0) is 14.0. The summed E-state index contributed by atoms with van der Waals surface area (Å²) in [5.74, 6) is 0.646. The quantitative estimate of drug-likeness (QED) is 0.753. The van der Waals surface area contributed by atoms with Crippen LogP contribution in [-0.4, -0.2) is 29.3 Å². The van der Waals surface area contributed by atoms with Gasteiger partial charge in [-0.05, 0) is 38.1 Å². The Morgan fingerprint density at radius 1 is 1.42 bits per heavy atom. The third-order valence-electron chi connectivity index (χ3n) is 2.75.